The smallest absolute Gasteiger partial charge is 0.143 e. The van der Waals surface area contributed by atoms with Gasteiger partial charge in [0.1, 0.15) is 11.9 Å². The van der Waals surface area contributed by atoms with Crippen molar-refractivity contribution in [3.05, 3.63) is 54.4 Å². The number of hydrogen-bond acceptors (Lipinski definition) is 3. The molecule has 1 aromatic carbocycles. The van der Waals surface area contributed by atoms with Crippen molar-refractivity contribution in [2.24, 2.45) is 0 Å². The first-order valence-corrected chi connectivity index (χ1v) is 6.22. The standard InChI is InChI=1S/C15H16N2O/c1-12-10-17(11-13-6-8-16-9-7-13)14-4-2-3-5-15(14)18-12/h2-9,12H,10-11H2,1H3. The van der Waals surface area contributed by atoms with Crippen LogP contribution in [0.25, 0.3) is 0 Å². The Labute approximate surface area is 107 Å². The molecule has 2 heterocycles. The number of aromatic nitrogens is 1. The Balaban J connectivity index is 1.89. The Bertz CT molecular complexity index is 527. The van der Waals surface area contributed by atoms with Crippen LogP contribution in [0.2, 0.25) is 0 Å². The van der Waals surface area contributed by atoms with Crippen LogP contribution >= 0.6 is 0 Å². The molecule has 3 nitrogen and oxygen atoms in total. The summed E-state index contributed by atoms with van der Waals surface area (Å²) in [5, 5.41) is 0. The van der Waals surface area contributed by atoms with Gasteiger partial charge in [-0.3, -0.25) is 4.98 Å². The number of benzene rings is 1. The van der Waals surface area contributed by atoms with Crippen LogP contribution in [0.15, 0.2) is 48.8 Å². The van der Waals surface area contributed by atoms with E-state index in [2.05, 4.69) is 41.1 Å². The van der Waals surface area contributed by atoms with Crippen LogP contribution in [0, 0.1) is 0 Å². The van der Waals surface area contributed by atoms with Gasteiger partial charge in [0.25, 0.3) is 0 Å². The summed E-state index contributed by atoms with van der Waals surface area (Å²) in [7, 11) is 0. The van der Waals surface area contributed by atoms with Crippen molar-refractivity contribution in [2.45, 2.75) is 19.6 Å². The molecule has 0 spiro atoms. The zero-order valence-corrected chi connectivity index (χ0v) is 10.4. The number of hydrogen-bond donors (Lipinski definition) is 0. The molecule has 0 N–H and O–H groups in total. The molecule has 3 heteroatoms. The molecule has 3 rings (SSSR count). The summed E-state index contributed by atoms with van der Waals surface area (Å²) < 4.78 is 5.85. The number of ether oxygens (including phenoxy) is 1. The predicted molar refractivity (Wildman–Crippen MR) is 71.8 cm³/mol. The molecular weight excluding hydrogens is 224 g/mol. The monoisotopic (exact) mass is 240 g/mol. The highest BCUT2D eigenvalue weighted by Gasteiger charge is 2.22. The lowest BCUT2D eigenvalue weighted by Gasteiger charge is -2.35. The average molecular weight is 240 g/mol. The Kier molecular flexibility index (Phi) is 2.89. The highest BCUT2D eigenvalue weighted by atomic mass is 16.5. The van der Waals surface area contributed by atoms with E-state index in [0.717, 1.165) is 18.8 Å². The van der Waals surface area contributed by atoms with Crippen molar-refractivity contribution < 1.29 is 4.74 Å². The van der Waals surface area contributed by atoms with Gasteiger partial charge in [0.15, 0.2) is 0 Å². The molecule has 1 unspecified atom stereocenters. The Morgan fingerprint density at radius 1 is 1.22 bits per heavy atom. The maximum absolute atomic E-state index is 5.85. The lowest BCUT2D eigenvalue weighted by Crippen LogP contribution is -2.37. The van der Waals surface area contributed by atoms with Crippen LogP contribution in [-0.2, 0) is 6.54 Å². The van der Waals surface area contributed by atoms with Crippen molar-refractivity contribution in [3.8, 4) is 5.75 Å². The largest absolute Gasteiger partial charge is 0.487 e. The third-order valence-electron chi connectivity index (χ3n) is 3.13. The van der Waals surface area contributed by atoms with E-state index in [0.29, 0.717) is 0 Å². The van der Waals surface area contributed by atoms with Gasteiger partial charge in [-0.05, 0) is 36.8 Å². The molecule has 0 radical (unpaired) electrons. The van der Waals surface area contributed by atoms with E-state index in [1.165, 1.54) is 11.3 Å². The van der Waals surface area contributed by atoms with Crippen LogP contribution in [0.1, 0.15) is 12.5 Å². The van der Waals surface area contributed by atoms with Gasteiger partial charge in [-0.15, -0.1) is 0 Å². The number of anilines is 1. The highest BCUT2D eigenvalue weighted by molar-refractivity contribution is 5.60. The number of nitrogens with zero attached hydrogens (tertiary/aromatic N) is 2. The number of pyridine rings is 1. The van der Waals surface area contributed by atoms with Crippen LogP contribution in [0.3, 0.4) is 0 Å². The van der Waals surface area contributed by atoms with E-state index >= 15 is 0 Å². The molecule has 18 heavy (non-hydrogen) atoms. The van der Waals surface area contributed by atoms with Crippen molar-refractivity contribution in [1.82, 2.24) is 4.98 Å². The fourth-order valence-electron chi connectivity index (χ4n) is 2.34. The van der Waals surface area contributed by atoms with E-state index < -0.39 is 0 Å². The van der Waals surface area contributed by atoms with Crippen molar-refractivity contribution in [2.75, 3.05) is 11.4 Å². The van der Waals surface area contributed by atoms with E-state index in [-0.39, 0.29) is 6.10 Å². The molecule has 1 aromatic heterocycles. The third-order valence-corrected chi connectivity index (χ3v) is 3.13. The molecule has 0 fully saturated rings. The van der Waals surface area contributed by atoms with Crippen LogP contribution in [0.4, 0.5) is 5.69 Å². The quantitative estimate of drug-likeness (QED) is 0.807. The van der Waals surface area contributed by atoms with E-state index in [1.54, 1.807) is 0 Å². The Hall–Kier alpha value is -2.03. The molecule has 1 aliphatic heterocycles. The SMILES string of the molecule is CC1CN(Cc2ccncc2)c2ccccc2O1. The lowest BCUT2D eigenvalue weighted by molar-refractivity contribution is 0.212. The third kappa shape index (κ3) is 2.16. The van der Waals surface area contributed by atoms with Crippen molar-refractivity contribution in [3.63, 3.8) is 0 Å². The molecule has 0 saturated heterocycles. The van der Waals surface area contributed by atoms with Crippen molar-refractivity contribution in [1.29, 1.82) is 0 Å². The normalized spacial score (nSPS) is 18.1. The van der Waals surface area contributed by atoms with Gasteiger partial charge in [0, 0.05) is 18.9 Å². The topological polar surface area (TPSA) is 25.4 Å². The summed E-state index contributed by atoms with van der Waals surface area (Å²) in [5.41, 5.74) is 2.45. The molecule has 0 aliphatic carbocycles. The summed E-state index contributed by atoms with van der Waals surface area (Å²) in [6, 6.07) is 12.3. The Morgan fingerprint density at radius 3 is 2.83 bits per heavy atom. The first-order valence-electron chi connectivity index (χ1n) is 6.22. The van der Waals surface area contributed by atoms with E-state index in [4.69, 9.17) is 4.74 Å². The summed E-state index contributed by atoms with van der Waals surface area (Å²) in [6.45, 7) is 3.92. The van der Waals surface area contributed by atoms with Crippen LogP contribution in [0.5, 0.6) is 5.75 Å². The van der Waals surface area contributed by atoms with Gasteiger partial charge in [-0.2, -0.15) is 0 Å². The zero-order valence-electron chi connectivity index (χ0n) is 10.4. The summed E-state index contributed by atoms with van der Waals surface area (Å²) in [5.74, 6) is 0.977. The highest BCUT2D eigenvalue weighted by Crippen LogP contribution is 2.33. The van der Waals surface area contributed by atoms with Gasteiger partial charge in [0.05, 0.1) is 12.2 Å². The van der Waals surface area contributed by atoms with Gasteiger partial charge in [-0.1, -0.05) is 12.1 Å². The van der Waals surface area contributed by atoms with Gasteiger partial charge >= 0.3 is 0 Å². The van der Waals surface area contributed by atoms with Crippen LogP contribution in [-0.4, -0.2) is 17.6 Å². The number of rotatable bonds is 2. The summed E-state index contributed by atoms with van der Waals surface area (Å²) in [4.78, 5) is 6.41. The Morgan fingerprint density at radius 2 is 2.00 bits per heavy atom. The number of fused-ring (bicyclic) bond motifs is 1. The second-order valence-electron chi connectivity index (χ2n) is 4.63. The van der Waals surface area contributed by atoms with Gasteiger partial charge in [0.2, 0.25) is 0 Å². The summed E-state index contributed by atoms with van der Waals surface area (Å²) in [6.07, 6.45) is 3.90. The van der Waals surface area contributed by atoms with Gasteiger partial charge in [-0.25, -0.2) is 0 Å². The predicted octanol–water partition coefficient (Wildman–Crippen LogP) is 2.87. The molecular formula is C15H16N2O. The van der Waals surface area contributed by atoms with Crippen LogP contribution < -0.4 is 9.64 Å². The minimum Gasteiger partial charge on any atom is -0.487 e. The second-order valence-corrected chi connectivity index (χ2v) is 4.63. The first-order chi connectivity index (χ1) is 8.83. The minimum atomic E-state index is 0.224. The number of para-hydroxylation sites is 2. The summed E-state index contributed by atoms with van der Waals surface area (Å²) >= 11 is 0. The maximum Gasteiger partial charge on any atom is 0.143 e. The van der Waals surface area contributed by atoms with E-state index in [9.17, 15) is 0 Å². The molecule has 0 amide bonds. The van der Waals surface area contributed by atoms with E-state index in [1.807, 2.05) is 24.5 Å². The second kappa shape index (κ2) is 4.69. The molecule has 0 saturated carbocycles. The molecule has 1 aliphatic rings. The molecule has 1 atom stereocenters. The minimum absolute atomic E-state index is 0.224. The fourth-order valence-corrected chi connectivity index (χ4v) is 2.34. The molecule has 2 aromatic rings. The first kappa shape index (κ1) is 11.1. The maximum atomic E-state index is 5.85. The van der Waals surface area contributed by atoms with Gasteiger partial charge < -0.3 is 9.64 Å². The van der Waals surface area contributed by atoms with Crippen molar-refractivity contribution >= 4 is 5.69 Å². The lowest BCUT2D eigenvalue weighted by atomic mass is 10.1. The molecule has 92 valence electrons. The zero-order chi connectivity index (χ0) is 12.4. The molecule has 0 bridgehead atoms. The fraction of sp³-hybridized carbons (Fsp3) is 0.267. The average Bonchev–Trinajstić information content (AvgIpc) is 2.40.